The van der Waals surface area contributed by atoms with Gasteiger partial charge in [0.1, 0.15) is 6.10 Å². The van der Waals surface area contributed by atoms with E-state index < -0.39 is 0 Å². The van der Waals surface area contributed by atoms with Gasteiger partial charge in [0, 0.05) is 13.8 Å². The van der Waals surface area contributed by atoms with Crippen molar-refractivity contribution in [1.82, 2.24) is 0 Å². The van der Waals surface area contributed by atoms with E-state index in [-0.39, 0.29) is 18.0 Å². The van der Waals surface area contributed by atoms with Crippen molar-refractivity contribution in [2.75, 3.05) is 6.61 Å². The average molecular weight is 214 g/mol. The van der Waals surface area contributed by atoms with Crippen LogP contribution in [0.3, 0.4) is 0 Å². The smallest absolute Gasteiger partial charge is 0.302 e. The van der Waals surface area contributed by atoms with E-state index in [0.29, 0.717) is 12.5 Å². The zero-order valence-electron chi connectivity index (χ0n) is 9.32. The van der Waals surface area contributed by atoms with Crippen molar-refractivity contribution in [2.45, 2.75) is 45.6 Å². The lowest BCUT2D eigenvalue weighted by Crippen LogP contribution is -2.26. The Bertz CT molecular complexity index is 229. The standard InChI is InChI=1S/C11H18O4/c1-8(12)14-7-10-3-5-11(6-4-10)15-9(2)13/h10-11H,3-7H2,1-2H3. The Balaban J connectivity index is 2.18. The second-order valence-corrected chi connectivity index (χ2v) is 4.05. The normalized spacial score (nSPS) is 25.7. The third kappa shape index (κ3) is 4.81. The Morgan fingerprint density at radius 3 is 2.13 bits per heavy atom. The molecule has 0 radical (unpaired) electrons. The molecule has 86 valence electrons. The van der Waals surface area contributed by atoms with Gasteiger partial charge in [-0.1, -0.05) is 0 Å². The van der Waals surface area contributed by atoms with E-state index in [1.165, 1.54) is 13.8 Å². The van der Waals surface area contributed by atoms with E-state index in [1.807, 2.05) is 0 Å². The Hall–Kier alpha value is -1.06. The summed E-state index contributed by atoms with van der Waals surface area (Å²) in [6.07, 6.45) is 3.75. The van der Waals surface area contributed by atoms with Gasteiger partial charge in [0.05, 0.1) is 6.61 Å². The Morgan fingerprint density at radius 2 is 1.67 bits per heavy atom. The Kier molecular flexibility index (Phi) is 4.59. The summed E-state index contributed by atoms with van der Waals surface area (Å²) in [5, 5.41) is 0. The van der Waals surface area contributed by atoms with Gasteiger partial charge < -0.3 is 9.47 Å². The summed E-state index contributed by atoms with van der Waals surface area (Å²) in [7, 11) is 0. The highest BCUT2D eigenvalue weighted by Gasteiger charge is 2.23. The fourth-order valence-electron chi connectivity index (χ4n) is 1.89. The molecule has 0 heterocycles. The molecule has 1 saturated carbocycles. The van der Waals surface area contributed by atoms with E-state index in [9.17, 15) is 9.59 Å². The summed E-state index contributed by atoms with van der Waals surface area (Å²) in [5.74, 6) is -0.00347. The van der Waals surface area contributed by atoms with Crippen LogP contribution in [0.4, 0.5) is 0 Å². The second kappa shape index (κ2) is 5.73. The Labute approximate surface area is 89.9 Å². The monoisotopic (exact) mass is 214 g/mol. The fourth-order valence-corrected chi connectivity index (χ4v) is 1.89. The minimum atomic E-state index is -0.225. The largest absolute Gasteiger partial charge is 0.466 e. The molecule has 0 aliphatic heterocycles. The third-order valence-electron chi connectivity index (χ3n) is 2.65. The maximum absolute atomic E-state index is 10.7. The van der Waals surface area contributed by atoms with Crippen molar-refractivity contribution in [3.8, 4) is 0 Å². The molecule has 0 unspecified atom stereocenters. The average Bonchev–Trinajstić information content (AvgIpc) is 2.16. The van der Waals surface area contributed by atoms with Crippen LogP contribution >= 0.6 is 0 Å². The molecule has 1 fully saturated rings. The molecule has 0 amide bonds. The predicted molar refractivity (Wildman–Crippen MR) is 54.1 cm³/mol. The summed E-state index contributed by atoms with van der Waals surface area (Å²) in [6, 6.07) is 0. The van der Waals surface area contributed by atoms with E-state index >= 15 is 0 Å². The Morgan fingerprint density at radius 1 is 1.07 bits per heavy atom. The lowest BCUT2D eigenvalue weighted by molar-refractivity contribution is -0.148. The molecule has 0 saturated heterocycles. The molecule has 4 heteroatoms. The van der Waals surface area contributed by atoms with Crippen LogP contribution in [0.1, 0.15) is 39.5 Å². The van der Waals surface area contributed by atoms with E-state index in [0.717, 1.165) is 25.7 Å². The molecule has 0 atom stereocenters. The number of esters is 2. The summed E-state index contributed by atoms with van der Waals surface area (Å²) in [6.45, 7) is 3.36. The summed E-state index contributed by atoms with van der Waals surface area (Å²) in [5.41, 5.74) is 0. The molecular formula is C11H18O4. The molecule has 1 rings (SSSR count). The number of carbonyl (C=O) groups excluding carboxylic acids is 2. The minimum absolute atomic E-state index is 0.0658. The number of hydrogen-bond donors (Lipinski definition) is 0. The highest BCUT2D eigenvalue weighted by atomic mass is 16.5. The van der Waals surface area contributed by atoms with Crippen LogP contribution in [0.2, 0.25) is 0 Å². The summed E-state index contributed by atoms with van der Waals surface area (Å²) < 4.78 is 10.1. The van der Waals surface area contributed by atoms with Crippen molar-refractivity contribution in [1.29, 1.82) is 0 Å². The van der Waals surface area contributed by atoms with Gasteiger partial charge >= 0.3 is 11.9 Å². The van der Waals surface area contributed by atoms with Crippen molar-refractivity contribution in [3.05, 3.63) is 0 Å². The van der Waals surface area contributed by atoms with Crippen molar-refractivity contribution >= 4 is 11.9 Å². The van der Waals surface area contributed by atoms with Crippen molar-refractivity contribution < 1.29 is 19.1 Å². The topological polar surface area (TPSA) is 52.6 Å². The van der Waals surface area contributed by atoms with Crippen LogP contribution in [0.15, 0.2) is 0 Å². The van der Waals surface area contributed by atoms with E-state index in [1.54, 1.807) is 0 Å². The van der Waals surface area contributed by atoms with Gasteiger partial charge in [0.25, 0.3) is 0 Å². The molecule has 4 nitrogen and oxygen atoms in total. The molecule has 0 aromatic heterocycles. The first-order chi connectivity index (χ1) is 7.08. The van der Waals surface area contributed by atoms with Gasteiger partial charge in [-0.3, -0.25) is 9.59 Å². The molecule has 0 aromatic carbocycles. The van der Waals surface area contributed by atoms with Gasteiger partial charge in [-0.2, -0.15) is 0 Å². The second-order valence-electron chi connectivity index (χ2n) is 4.05. The van der Waals surface area contributed by atoms with Crippen LogP contribution in [0.5, 0.6) is 0 Å². The maximum Gasteiger partial charge on any atom is 0.302 e. The third-order valence-corrected chi connectivity index (χ3v) is 2.65. The summed E-state index contributed by atoms with van der Waals surface area (Å²) >= 11 is 0. The summed E-state index contributed by atoms with van der Waals surface area (Å²) in [4.78, 5) is 21.3. The quantitative estimate of drug-likeness (QED) is 0.670. The van der Waals surface area contributed by atoms with Crippen molar-refractivity contribution in [3.63, 3.8) is 0 Å². The van der Waals surface area contributed by atoms with Crippen molar-refractivity contribution in [2.24, 2.45) is 5.92 Å². The van der Waals surface area contributed by atoms with Gasteiger partial charge in [-0.05, 0) is 31.6 Å². The number of rotatable bonds is 3. The lowest BCUT2D eigenvalue weighted by Gasteiger charge is -2.27. The molecule has 0 spiro atoms. The van der Waals surface area contributed by atoms with Crippen LogP contribution < -0.4 is 0 Å². The zero-order chi connectivity index (χ0) is 11.3. The molecule has 0 bridgehead atoms. The van der Waals surface area contributed by atoms with E-state index in [4.69, 9.17) is 9.47 Å². The highest BCUT2D eigenvalue weighted by Crippen LogP contribution is 2.26. The SMILES string of the molecule is CC(=O)OCC1CCC(OC(C)=O)CC1. The first-order valence-corrected chi connectivity index (χ1v) is 5.38. The van der Waals surface area contributed by atoms with Gasteiger partial charge in [-0.15, -0.1) is 0 Å². The number of ether oxygens (including phenoxy) is 2. The first kappa shape index (κ1) is 12.0. The molecular weight excluding hydrogens is 196 g/mol. The van der Waals surface area contributed by atoms with Crippen LogP contribution in [0, 0.1) is 5.92 Å². The van der Waals surface area contributed by atoms with Gasteiger partial charge in [0.15, 0.2) is 0 Å². The molecule has 15 heavy (non-hydrogen) atoms. The first-order valence-electron chi connectivity index (χ1n) is 5.38. The molecule has 0 N–H and O–H groups in total. The molecule has 1 aliphatic rings. The van der Waals surface area contributed by atoms with Gasteiger partial charge in [-0.25, -0.2) is 0 Å². The highest BCUT2D eigenvalue weighted by molar-refractivity contribution is 5.66. The predicted octanol–water partition coefficient (Wildman–Crippen LogP) is 1.67. The minimum Gasteiger partial charge on any atom is -0.466 e. The maximum atomic E-state index is 10.7. The van der Waals surface area contributed by atoms with Gasteiger partial charge in [0.2, 0.25) is 0 Å². The molecule has 0 aromatic rings. The zero-order valence-corrected chi connectivity index (χ0v) is 9.32. The number of hydrogen-bond acceptors (Lipinski definition) is 4. The fraction of sp³-hybridized carbons (Fsp3) is 0.818. The van der Waals surface area contributed by atoms with E-state index in [2.05, 4.69) is 0 Å². The number of carbonyl (C=O) groups is 2. The molecule has 1 aliphatic carbocycles. The van der Waals surface area contributed by atoms with Crippen LogP contribution in [0.25, 0.3) is 0 Å². The lowest BCUT2D eigenvalue weighted by atomic mass is 9.88. The van der Waals surface area contributed by atoms with Crippen LogP contribution in [-0.4, -0.2) is 24.6 Å². The van der Waals surface area contributed by atoms with Crippen LogP contribution in [-0.2, 0) is 19.1 Å².